The fourth-order valence-electron chi connectivity index (χ4n) is 1.65. The van der Waals surface area contributed by atoms with Crippen molar-refractivity contribution in [3.63, 3.8) is 0 Å². The number of sulfone groups is 1. The summed E-state index contributed by atoms with van der Waals surface area (Å²) in [4.78, 5) is 11.8. The normalized spacial score (nSPS) is 14.8. The molecule has 0 aromatic heterocycles. The molecule has 0 fully saturated rings. The zero-order valence-electron chi connectivity index (χ0n) is 13.1. The summed E-state index contributed by atoms with van der Waals surface area (Å²) in [5.74, 6) is 0.0368. The molecule has 0 saturated heterocycles. The number of carbonyl (C=O) groups is 1. The van der Waals surface area contributed by atoms with Crippen LogP contribution in [0.5, 0.6) is 0 Å². The Hall–Kier alpha value is -0.330. The number of halogens is 1. The fourth-order valence-corrected chi connectivity index (χ4v) is 3.33. The zero-order chi connectivity index (χ0) is 15.3. The van der Waals surface area contributed by atoms with E-state index >= 15 is 0 Å². The molecule has 0 bridgehead atoms. The molecule has 1 amide bonds. The Labute approximate surface area is 129 Å². The van der Waals surface area contributed by atoms with Gasteiger partial charge in [0.2, 0.25) is 5.91 Å². The number of nitrogens with one attached hydrogen (secondary N) is 1. The van der Waals surface area contributed by atoms with E-state index in [-0.39, 0.29) is 48.1 Å². The summed E-state index contributed by atoms with van der Waals surface area (Å²) in [7, 11) is -3.15. The molecular weight excluding hydrogens is 300 g/mol. The second kappa shape index (κ2) is 8.85. The Balaban J connectivity index is 0. The predicted molar refractivity (Wildman–Crippen MR) is 85.8 cm³/mol. The lowest BCUT2D eigenvalue weighted by Gasteiger charge is -2.33. The third-order valence-corrected chi connectivity index (χ3v) is 5.35. The van der Waals surface area contributed by atoms with Gasteiger partial charge in [-0.1, -0.05) is 27.7 Å². The molecular formula is C13H29ClN2O3S. The Morgan fingerprint density at radius 2 is 1.75 bits per heavy atom. The highest BCUT2D eigenvalue weighted by molar-refractivity contribution is 7.91. The highest BCUT2D eigenvalue weighted by Gasteiger charge is 2.28. The van der Waals surface area contributed by atoms with Crippen LogP contribution in [0.3, 0.4) is 0 Å². The number of hydrogen-bond acceptors (Lipinski definition) is 4. The average Bonchev–Trinajstić information content (AvgIpc) is 2.24. The van der Waals surface area contributed by atoms with Crippen LogP contribution in [0.25, 0.3) is 0 Å². The average molecular weight is 329 g/mol. The lowest BCUT2D eigenvalue weighted by atomic mass is 9.88. The number of rotatable bonds is 8. The summed E-state index contributed by atoms with van der Waals surface area (Å²) < 4.78 is 23.4. The molecule has 122 valence electrons. The lowest BCUT2D eigenvalue weighted by molar-refractivity contribution is -0.122. The van der Waals surface area contributed by atoms with Crippen molar-refractivity contribution >= 4 is 28.2 Å². The number of nitrogens with two attached hydrogens (primary N) is 1. The lowest BCUT2D eigenvalue weighted by Crippen LogP contribution is -2.55. The number of amides is 1. The van der Waals surface area contributed by atoms with Gasteiger partial charge in [0.1, 0.15) is 0 Å². The van der Waals surface area contributed by atoms with Gasteiger partial charge in [0.05, 0.1) is 17.0 Å². The van der Waals surface area contributed by atoms with Gasteiger partial charge in [0.15, 0.2) is 9.84 Å². The van der Waals surface area contributed by atoms with Crippen LogP contribution in [0.15, 0.2) is 0 Å². The summed E-state index contributed by atoms with van der Waals surface area (Å²) in [5, 5.41) is 2.84. The first-order chi connectivity index (χ1) is 8.52. The largest absolute Gasteiger partial charge is 0.349 e. The molecule has 0 radical (unpaired) electrons. The van der Waals surface area contributed by atoms with Gasteiger partial charge in [-0.25, -0.2) is 8.42 Å². The van der Waals surface area contributed by atoms with Crippen molar-refractivity contribution in [2.24, 2.45) is 17.6 Å². The van der Waals surface area contributed by atoms with Crippen LogP contribution in [-0.2, 0) is 14.6 Å². The van der Waals surface area contributed by atoms with Crippen molar-refractivity contribution < 1.29 is 13.2 Å². The van der Waals surface area contributed by atoms with Gasteiger partial charge < -0.3 is 11.1 Å². The highest BCUT2D eigenvalue weighted by atomic mass is 35.5. The van der Waals surface area contributed by atoms with Crippen LogP contribution >= 0.6 is 12.4 Å². The van der Waals surface area contributed by atoms with E-state index in [4.69, 9.17) is 5.73 Å². The summed E-state index contributed by atoms with van der Waals surface area (Å²) in [6, 6.07) is 0. The van der Waals surface area contributed by atoms with Crippen LogP contribution in [0, 0.1) is 11.8 Å². The maximum absolute atomic E-state index is 11.8. The van der Waals surface area contributed by atoms with E-state index in [0.29, 0.717) is 6.54 Å². The van der Waals surface area contributed by atoms with Gasteiger partial charge in [-0.05, 0) is 18.8 Å². The van der Waals surface area contributed by atoms with E-state index in [9.17, 15) is 13.2 Å². The first kappa shape index (κ1) is 22.0. The predicted octanol–water partition coefficient (Wildman–Crippen LogP) is 1.36. The minimum Gasteiger partial charge on any atom is -0.349 e. The molecule has 0 rings (SSSR count). The SMILES string of the molecule is CC(C)CS(=O)(=O)CCC(=O)NC(C)(CN)C(C)C.Cl. The Bertz CT molecular complexity index is 396. The fraction of sp³-hybridized carbons (Fsp3) is 0.923. The molecule has 0 aliphatic rings. The molecule has 20 heavy (non-hydrogen) atoms. The van der Waals surface area contributed by atoms with Gasteiger partial charge in [-0.3, -0.25) is 4.79 Å². The molecule has 0 spiro atoms. The summed E-state index contributed by atoms with van der Waals surface area (Å²) >= 11 is 0. The van der Waals surface area contributed by atoms with E-state index < -0.39 is 15.4 Å². The molecule has 0 aliphatic heterocycles. The van der Waals surface area contributed by atoms with Crippen LogP contribution in [0.1, 0.15) is 41.0 Å². The van der Waals surface area contributed by atoms with Gasteiger partial charge in [0.25, 0.3) is 0 Å². The maximum atomic E-state index is 11.8. The van der Waals surface area contributed by atoms with Crippen LogP contribution < -0.4 is 11.1 Å². The standard InChI is InChI=1S/C13H28N2O3S.ClH/c1-10(2)8-19(17,18)7-6-12(16)15-13(5,9-14)11(3)4;/h10-11H,6-9,14H2,1-5H3,(H,15,16);1H. The summed E-state index contributed by atoms with van der Waals surface area (Å²) in [6.45, 7) is 9.85. The van der Waals surface area contributed by atoms with Crippen LogP contribution in [-0.4, -0.2) is 37.9 Å². The van der Waals surface area contributed by atoms with Gasteiger partial charge in [-0.2, -0.15) is 0 Å². The van der Waals surface area contributed by atoms with Crippen molar-refractivity contribution in [2.45, 2.75) is 46.6 Å². The number of carbonyl (C=O) groups excluding carboxylic acids is 1. The molecule has 0 aromatic carbocycles. The minimum absolute atomic E-state index is 0. The molecule has 3 N–H and O–H groups in total. The molecule has 1 atom stereocenters. The van der Waals surface area contributed by atoms with E-state index in [2.05, 4.69) is 5.32 Å². The molecule has 1 unspecified atom stereocenters. The summed E-state index contributed by atoms with van der Waals surface area (Å²) in [5.41, 5.74) is 5.18. The van der Waals surface area contributed by atoms with Gasteiger partial charge in [0, 0.05) is 13.0 Å². The topological polar surface area (TPSA) is 89.3 Å². The van der Waals surface area contributed by atoms with Crippen molar-refractivity contribution in [3.8, 4) is 0 Å². The maximum Gasteiger partial charge on any atom is 0.221 e. The Morgan fingerprint density at radius 3 is 2.10 bits per heavy atom. The monoisotopic (exact) mass is 328 g/mol. The molecule has 0 aliphatic carbocycles. The highest BCUT2D eigenvalue weighted by Crippen LogP contribution is 2.15. The Morgan fingerprint density at radius 1 is 1.25 bits per heavy atom. The minimum atomic E-state index is -3.15. The first-order valence-electron chi connectivity index (χ1n) is 6.74. The van der Waals surface area contributed by atoms with Gasteiger partial charge >= 0.3 is 0 Å². The second-order valence-corrected chi connectivity index (χ2v) is 8.31. The third kappa shape index (κ3) is 8.07. The first-order valence-corrected chi connectivity index (χ1v) is 8.56. The third-order valence-electron chi connectivity index (χ3n) is 3.35. The van der Waals surface area contributed by atoms with Crippen molar-refractivity contribution in [2.75, 3.05) is 18.1 Å². The second-order valence-electron chi connectivity index (χ2n) is 6.08. The summed E-state index contributed by atoms with van der Waals surface area (Å²) in [6.07, 6.45) is -0.00262. The Kier molecular flexibility index (Phi) is 9.71. The molecule has 0 saturated carbocycles. The zero-order valence-corrected chi connectivity index (χ0v) is 14.7. The molecule has 7 heteroatoms. The quantitative estimate of drug-likeness (QED) is 0.704. The number of hydrogen-bond donors (Lipinski definition) is 2. The molecule has 0 heterocycles. The molecule has 5 nitrogen and oxygen atoms in total. The van der Waals surface area contributed by atoms with E-state index in [0.717, 1.165) is 0 Å². The smallest absolute Gasteiger partial charge is 0.221 e. The van der Waals surface area contributed by atoms with Crippen molar-refractivity contribution in [1.29, 1.82) is 0 Å². The van der Waals surface area contributed by atoms with Crippen molar-refractivity contribution in [3.05, 3.63) is 0 Å². The van der Waals surface area contributed by atoms with E-state index in [1.54, 1.807) is 0 Å². The van der Waals surface area contributed by atoms with E-state index in [1.165, 1.54) is 0 Å². The molecule has 0 aromatic rings. The van der Waals surface area contributed by atoms with E-state index in [1.807, 2.05) is 34.6 Å². The van der Waals surface area contributed by atoms with Crippen LogP contribution in [0.2, 0.25) is 0 Å². The van der Waals surface area contributed by atoms with Crippen molar-refractivity contribution in [1.82, 2.24) is 5.32 Å². The van der Waals surface area contributed by atoms with Gasteiger partial charge in [-0.15, -0.1) is 12.4 Å². The van der Waals surface area contributed by atoms with Crippen LogP contribution in [0.4, 0.5) is 0 Å².